The third-order valence-corrected chi connectivity index (χ3v) is 4.83. The highest BCUT2D eigenvalue weighted by atomic mass is 16.5. The van der Waals surface area contributed by atoms with Crippen molar-refractivity contribution in [2.24, 2.45) is 10.9 Å². The molecule has 6 heteroatoms. The van der Waals surface area contributed by atoms with E-state index in [1.807, 2.05) is 30.5 Å². The van der Waals surface area contributed by atoms with E-state index in [-0.39, 0.29) is 5.56 Å². The van der Waals surface area contributed by atoms with E-state index in [4.69, 9.17) is 4.74 Å². The van der Waals surface area contributed by atoms with Crippen LogP contribution >= 0.6 is 0 Å². The van der Waals surface area contributed by atoms with E-state index in [0.717, 1.165) is 55.7 Å². The number of guanidine groups is 1. The summed E-state index contributed by atoms with van der Waals surface area (Å²) in [5, 5.41) is 6.68. The summed E-state index contributed by atoms with van der Waals surface area (Å²) in [4.78, 5) is 16.0. The molecule has 0 amide bonds. The number of aromatic nitrogens is 1. The number of aliphatic imine (C=N–C) groups is 1. The Morgan fingerprint density at radius 3 is 2.75 bits per heavy atom. The fourth-order valence-corrected chi connectivity index (χ4v) is 2.94. The van der Waals surface area contributed by atoms with Gasteiger partial charge in [-0.05, 0) is 43.7 Å². The van der Waals surface area contributed by atoms with E-state index in [1.165, 1.54) is 12.8 Å². The van der Waals surface area contributed by atoms with E-state index in [2.05, 4.69) is 21.7 Å². The van der Waals surface area contributed by atoms with E-state index in [0.29, 0.717) is 6.54 Å². The average Bonchev–Trinajstić information content (AvgIpc) is 3.55. The minimum Gasteiger partial charge on any atom is -0.493 e. The third kappa shape index (κ3) is 6.44. The zero-order chi connectivity index (χ0) is 19.6. The normalized spacial score (nSPS) is 14.0. The molecule has 0 saturated heterocycles. The molecule has 1 fully saturated rings. The highest BCUT2D eigenvalue weighted by molar-refractivity contribution is 5.79. The van der Waals surface area contributed by atoms with Crippen molar-refractivity contribution < 1.29 is 4.74 Å². The Bertz CT molecular complexity index is 827. The Kier molecular flexibility index (Phi) is 7.53. The Hall–Kier alpha value is -2.76. The first-order chi connectivity index (χ1) is 13.8. The Balaban J connectivity index is 1.37. The number of hydrogen-bond donors (Lipinski definition) is 2. The second-order valence-corrected chi connectivity index (χ2v) is 7.15. The predicted molar refractivity (Wildman–Crippen MR) is 113 cm³/mol. The van der Waals surface area contributed by atoms with Gasteiger partial charge in [-0.3, -0.25) is 9.79 Å². The fraction of sp³-hybridized carbons (Fsp3) is 0.455. The maximum atomic E-state index is 11.7. The molecular weight excluding hydrogens is 352 g/mol. The van der Waals surface area contributed by atoms with Crippen molar-refractivity contribution in [2.45, 2.75) is 38.8 Å². The van der Waals surface area contributed by atoms with Crippen LogP contribution in [-0.2, 0) is 13.1 Å². The largest absolute Gasteiger partial charge is 0.493 e. The quantitative estimate of drug-likeness (QED) is 0.377. The smallest absolute Gasteiger partial charge is 0.250 e. The predicted octanol–water partition coefficient (Wildman–Crippen LogP) is 2.78. The van der Waals surface area contributed by atoms with Crippen LogP contribution in [0.3, 0.4) is 0 Å². The molecule has 2 N–H and O–H groups in total. The van der Waals surface area contributed by atoms with Crippen LogP contribution in [0.2, 0.25) is 0 Å². The number of unbranched alkanes of at least 4 members (excludes halogenated alkanes) is 1. The van der Waals surface area contributed by atoms with E-state index >= 15 is 0 Å². The van der Waals surface area contributed by atoms with Gasteiger partial charge in [-0.1, -0.05) is 24.3 Å². The molecule has 1 aromatic carbocycles. The minimum atomic E-state index is 0.0514. The first kappa shape index (κ1) is 20.0. The van der Waals surface area contributed by atoms with Gasteiger partial charge in [0.15, 0.2) is 5.96 Å². The van der Waals surface area contributed by atoms with Gasteiger partial charge in [0.05, 0.1) is 6.61 Å². The summed E-state index contributed by atoms with van der Waals surface area (Å²) in [6.07, 6.45) is 6.31. The van der Waals surface area contributed by atoms with Crippen molar-refractivity contribution in [1.29, 1.82) is 0 Å². The number of pyridine rings is 1. The van der Waals surface area contributed by atoms with Gasteiger partial charge in [-0.25, -0.2) is 0 Å². The molecule has 1 aliphatic carbocycles. The summed E-state index contributed by atoms with van der Waals surface area (Å²) < 4.78 is 7.71. The average molecular weight is 383 g/mol. The molecule has 0 spiro atoms. The van der Waals surface area contributed by atoms with E-state index in [9.17, 15) is 4.79 Å². The number of nitrogens with zero attached hydrogens (tertiary/aromatic N) is 2. The Labute approximate surface area is 166 Å². The highest BCUT2D eigenvalue weighted by Crippen LogP contribution is 2.30. The number of benzene rings is 1. The summed E-state index contributed by atoms with van der Waals surface area (Å²) in [5.74, 6) is 2.46. The van der Waals surface area contributed by atoms with E-state index < -0.39 is 0 Å². The van der Waals surface area contributed by atoms with Crippen molar-refractivity contribution >= 4 is 5.96 Å². The summed E-state index contributed by atoms with van der Waals surface area (Å²) in [6.45, 7) is 3.02. The molecule has 1 aliphatic rings. The zero-order valence-electron chi connectivity index (χ0n) is 16.6. The van der Waals surface area contributed by atoms with Crippen molar-refractivity contribution in [3.8, 4) is 5.75 Å². The molecule has 1 aromatic heterocycles. The molecule has 0 radical (unpaired) electrons. The number of para-hydroxylation sites is 1. The first-order valence-electron chi connectivity index (χ1n) is 10.1. The Morgan fingerprint density at radius 1 is 1.14 bits per heavy atom. The van der Waals surface area contributed by atoms with Gasteiger partial charge in [0.25, 0.3) is 0 Å². The van der Waals surface area contributed by atoms with Crippen LogP contribution in [0, 0.1) is 5.92 Å². The van der Waals surface area contributed by atoms with Crippen LogP contribution in [0.25, 0.3) is 0 Å². The number of hydrogen-bond acceptors (Lipinski definition) is 3. The monoisotopic (exact) mass is 382 g/mol. The lowest BCUT2D eigenvalue weighted by molar-refractivity contribution is 0.296. The topological polar surface area (TPSA) is 67.7 Å². The SMILES string of the molecule is CN=C(NCCCCn1ccccc1=O)NCc1ccccc1OCC1CC1. The van der Waals surface area contributed by atoms with E-state index in [1.54, 1.807) is 23.7 Å². The van der Waals surface area contributed by atoms with Crippen LogP contribution in [-0.4, -0.2) is 30.7 Å². The lowest BCUT2D eigenvalue weighted by Gasteiger charge is -2.15. The maximum absolute atomic E-state index is 11.7. The number of rotatable bonds is 10. The second-order valence-electron chi connectivity index (χ2n) is 7.15. The molecule has 0 aliphatic heterocycles. The number of ether oxygens (including phenoxy) is 1. The minimum absolute atomic E-state index is 0.0514. The molecule has 150 valence electrons. The van der Waals surface area contributed by atoms with Crippen LogP contribution in [0.1, 0.15) is 31.2 Å². The summed E-state index contributed by atoms with van der Waals surface area (Å²) in [6, 6.07) is 13.4. The van der Waals surface area contributed by atoms with Gasteiger partial charge >= 0.3 is 0 Å². The fourth-order valence-electron chi connectivity index (χ4n) is 2.94. The molecule has 1 heterocycles. The van der Waals surface area contributed by atoms with Crippen molar-refractivity contribution in [1.82, 2.24) is 15.2 Å². The Morgan fingerprint density at radius 2 is 1.96 bits per heavy atom. The molecule has 6 nitrogen and oxygen atoms in total. The van der Waals surface area contributed by atoms with Gasteiger partial charge in [0.2, 0.25) is 5.56 Å². The van der Waals surface area contributed by atoms with Crippen molar-refractivity contribution in [3.05, 3.63) is 64.6 Å². The lowest BCUT2D eigenvalue weighted by atomic mass is 10.2. The maximum Gasteiger partial charge on any atom is 0.250 e. The van der Waals surface area contributed by atoms with Gasteiger partial charge in [0.1, 0.15) is 5.75 Å². The molecule has 0 atom stereocenters. The summed E-state index contributed by atoms with van der Waals surface area (Å²) >= 11 is 0. The number of aryl methyl sites for hydroxylation is 1. The molecule has 2 aromatic rings. The highest BCUT2D eigenvalue weighted by Gasteiger charge is 2.22. The van der Waals surface area contributed by atoms with Crippen LogP contribution < -0.4 is 20.9 Å². The molecule has 28 heavy (non-hydrogen) atoms. The standard InChI is InChI=1S/C22H30N4O2/c1-23-22(24-13-5-7-15-26-14-6-4-10-21(26)27)25-16-19-8-2-3-9-20(19)28-17-18-11-12-18/h2-4,6,8-10,14,18H,5,7,11-13,15-17H2,1H3,(H2,23,24,25). The van der Waals surface area contributed by atoms with Gasteiger partial charge in [-0.15, -0.1) is 0 Å². The van der Waals surface area contributed by atoms with Crippen LogP contribution in [0.15, 0.2) is 58.4 Å². The van der Waals surface area contributed by atoms with Gasteiger partial charge in [0, 0.05) is 44.5 Å². The van der Waals surface area contributed by atoms with Crippen LogP contribution in [0.4, 0.5) is 0 Å². The van der Waals surface area contributed by atoms with Crippen molar-refractivity contribution in [3.63, 3.8) is 0 Å². The van der Waals surface area contributed by atoms with Crippen molar-refractivity contribution in [2.75, 3.05) is 20.2 Å². The third-order valence-electron chi connectivity index (χ3n) is 4.83. The molecule has 1 saturated carbocycles. The summed E-state index contributed by atoms with van der Waals surface area (Å²) in [5.41, 5.74) is 1.19. The lowest BCUT2D eigenvalue weighted by Crippen LogP contribution is -2.37. The molecule has 0 unspecified atom stereocenters. The van der Waals surface area contributed by atoms with Crippen LogP contribution in [0.5, 0.6) is 5.75 Å². The molecule has 0 bridgehead atoms. The van der Waals surface area contributed by atoms with Gasteiger partial charge in [-0.2, -0.15) is 0 Å². The summed E-state index contributed by atoms with van der Waals surface area (Å²) in [7, 11) is 1.77. The molecular formula is C22H30N4O2. The zero-order valence-corrected chi connectivity index (χ0v) is 16.6. The molecule has 3 rings (SSSR count). The number of nitrogens with one attached hydrogen (secondary N) is 2. The van der Waals surface area contributed by atoms with Gasteiger partial charge < -0.3 is 19.9 Å². The second kappa shape index (κ2) is 10.5. The first-order valence-corrected chi connectivity index (χ1v) is 10.1.